The molecule has 0 aromatic rings. The van der Waals surface area contributed by atoms with Crippen LogP contribution in [0.15, 0.2) is 12.7 Å². The van der Waals surface area contributed by atoms with Crippen LogP contribution in [0.2, 0.25) is 0 Å². The number of rotatable bonds is 7. The Morgan fingerprint density at radius 1 is 1.56 bits per heavy atom. The van der Waals surface area contributed by atoms with Crippen molar-refractivity contribution < 1.29 is 14.7 Å². The molecule has 1 atom stereocenters. The molecule has 0 aliphatic rings. The number of nitrogens with one attached hydrogen (secondary N) is 1. The number of allylic oxidation sites excluding steroid dienone is 1. The molecule has 0 rings (SSSR count). The van der Waals surface area contributed by atoms with Crippen molar-refractivity contribution in [1.82, 2.24) is 10.2 Å². The lowest BCUT2D eigenvalue weighted by Crippen LogP contribution is -2.40. The van der Waals surface area contributed by atoms with Crippen LogP contribution in [-0.4, -0.2) is 42.1 Å². The minimum atomic E-state index is -0.908. The normalized spacial score (nSPS) is 11.6. The van der Waals surface area contributed by atoms with Crippen LogP contribution in [0.3, 0.4) is 0 Å². The summed E-state index contributed by atoms with van der Waals surface area (Å²) in [5, 5.41) is 11.2. The van der Waals surface area contributed by atoms with E-state index in [1.165, 1.54) is 4.90 Å². The van der Waals surface area contributed by atoms with Crippen LogP contribution < -0.4 is 5.32 Å². The number of carbonyl (C=O) groups is 2. The summed E-state index contributed by atoms with van der Waals surface area (Å²) < 4.78 is 0. The van der Waals surface area contributed by atoms with Gasteiger partial charge in [-0.1, -0.05) is 13.0 Å². The summed E-state index contributed by atoms with van der Waals surface area (Å²) in [4.78, 5) is 23.5. The van der Waals surface area contributed by atoms with E-state index in [4.69, 9.17) is 5.11 Å². The molecule has 0 aliphatic heterocycles. The van der Waals surface area contributed by atoms with Crippen molar-refractivity contribution in [3.63, 3.8) is 0 Å². The topological polar surface area (TPSA) is 69.6 Å². The van der Waals surface area contributed by atoms with Crippen molar-refractivity contribution in [1.29, 1.82) is 0 Å². The van der Waals surface area contributed by atoms with Gasteiger partial charge in [-0.2, -0.15) is 0 Å². The Morgan fingerprint density at radius 3 is 2.69 bits per heavy atom. The number of nitrogens with zero attached hydrogens (tertiary/aromatic N) is 1. The zero-order valence-electron chi connectivity index (χ0n) is 9.90. The first-order chi connectivity index (χ1) is 7.49. The molecule has 1 unspecified atom stereocenters. The average molecular weight is 228 g/mol. The van der Waals surface area contributed by atoms with Gasteiger partial charge in [-0.25, -0.2) is 4.79 Å². The lowest BCUT2D eigenvalue weighted by molar-refractivity contribution is -0.140. The first kappa shape index (κ1) is 14.5. The average Bonchev–Trinajstić information content (AvgIpc) is 2.25. The highest BCUT2D eigenvalue weighted by Crippen LogP contribution is 1.96. The zero-order valence-corrected chi connectivity index (χ0v) is 9.90. The van der Waals surface area contributed by atoms with E-state index < -0.39 is 11.9 Å². The van der Waals surface area contributed by atoms with Crippen LogP contribution in [-0.2, 0) is 4.79 Å². The number of carbonyl (C=O) groups excluding carboxylic acids is 1. The Bertz CT molecular complexity index is 254. The Labute approximate surface area is 96.1 Å². The van der Waals surface area contributed by atoms with E-state index in [-0.39, 0.29) is 12.6 Å². The standard InChI is InChI=1S/C11H20N2O3/c1-4-5-6-7-13(3)11(16)12-8-9(2)10(14)15/h4,9H,1,5-8H2,2-3H3,(H,12,16)(H,14,15). The van der Waals surface area contributed by atoms with E-state index in [0.29, 0.717) is 6.54 Å². The molecule has 2 amide bonds. The largest absolute Gasteiger partial charge is 0.481 e. The highest BCUT2D eigenvalue weighted by Gasteiger charge is 2.13. The zero-order chi connectivity index (χ0) is 12.6. The first-order valence-electron chi connectivity index (χ1n) is 5.31. The van der Waals surface area contributed by atoms with Gasteiger partial charge in [0.25, 0.3) is 0 Å². The number of hydrogen-bond donors (Lipinski definition) is 2. The molecule has 92 valence electrons. The molecule has 16 heavy (non-hydrogen) atoms. The summed E-state index contributed by atoms with van der Waals surface area (Å²) in [5.74, 6) is -1.47. The Balaban J connectivity index is 3.78. The quantitative estimate of drug-likeness (QED) is 0.510. The Hall–Kier alpha value is -1.52. The van der Waals surface area contributed by atoms with E-state index in [2.05, 4.69) is 11.9 Å². The van der Waals surface area contributed by atoms with Gasteiger partial charge in [0, 0.05) is 20.1 Å². The maximum Gasteiger partial charge on any atom is 0.317 e. The molecule has 0 saturated heterocycles. The van der Waals surface area contributed by atoms with Gasteiger partial charge >= 0.3 is 12.0 Å². The SMILES string of the molecule is C=CCCCN(C)C(=O)NCC(C)C(=O)O. The molecule has 0 heterocycles. The third kappa shape index (κ3) is 6.06. The predicted molar refractivity (Wildman–Crippen MR) is 62.3 cm³/mol. The van der Waals surface area contributed by atoms with Gasteiger partial charge < -0.3 is 15.3 Å². The highest BCUT2D eigenvalue weighted by molar-refractivity contribution is 5.75. The molecule has 0 aromatic heterocycles. The van der Waals surface area contributed by atoms with Crippen molar-refractivity contribution in [2.75, 3.05) is 20.1 Å². The fourth-order valence-electron chi connectivity index (χ4n) is 1.04. The molecule has 5 nitrogen and oxygen atoms in total. The predicted octanol–water partition coefficient (Wildman–Crippen LogP) is 1.31. The van der Waals surface area contributed by atoms with E-state index >= 15 is 0 Å². The summed E-state index contributed by atoms with van der Waals surface area (Å²) in [6.45, 7) is 5.94. The second-order valence-electron chi connectivity index (χ2n) is 3.78. The number of urea groups is 1. The summed E-state index contributed by atoms with van der Waals surface area (Å²) in [5.41, 5.74) is 0. The molecule has 0 saturated carbocycles. The fraction of sp³-hybridized carbons (Fsp3) is 0.636. The maximum absolute atomic E-state index is 11.5. The lowest BCUT2D eigenvalue weighted by atomic mass is 10.2. The van der Waals surface area contributed by atoms with Crippen molar-refractivity contribution in [2.45, 2.75) is 19.8 Å². The van der Waals surface area contributed by atoms with Crippen LogP contribution in [0.25, 0.3) is 0 Å². The minimum absolute atomic E-state index is 0.153. The first-order valence-corrected chi connectivity index (χ1v) is 5.31. The fourth-order valence-corrected chi connectivity index (χ4v) is 1.04. The Morgan fingerprint density at radius 2 is 2.19 bits per heavy atom. The van der Waals surface area contributed by atoms with E-state index in [9.17, 15) is 9.59 Å². The van der Waals surface area contributed by atoms with E-state index in [1.807, 2.05) is 0 Å². The van der Waals surface area contributed by atoms with Crippen molar-refractivity contribution in [3.05, 3.63) is 12.7 Å². The number of amides is 2. The summed E-state index contributed by atoms with van der Waals surface area (Å²) in [6.07, 6.45) is 3.53. The number of aliphatic carboxylic acids is 1. The van der Waals surface area contributed by atoms with Crippen molar-refractivity contribution >= 4 is 12.0 Å². The van der Waals surface area contributed by atoms with Gasteiger partial charge in [-0.3, -0.25) is 4.79 Å². The number of carboxylic acid groups (broad SMARTS) is 1. The molecule has 5 heteroatoms. The van der Waals surface area contributed by atoms with Gasteiger partial charge in [-0.15, -0.1) is 6.58 Å². The van der Waals surface area contributed by atoms with E-state index in [0.717, 1.165) is 12.8 Å². The van der Waals surface area contributed by atoms with Crippen LogP contribution in [0.5, 0.6) is 0 Å². The monoisotopic (exact) mass is 228 g/mol. The van der Waals surface area contributed by atoms with Gasteiger partial charge in [0.1, 0.15) is 0 Å². The summed E-state index contributed by atoms with van der Waals surface area (Å²) >= 11 is 0. The smallest absolute Gasteiger partial charge is 0.317 e. The van der Waals surface area contributed by atoms with Gasteiger partial charge in [-0.05, 0) is 12.8 Å². The van der Waals surface area contributed by atoms with Crippen LogP contribution in [0.4, 0.5) is 4.79 Å². The molecule has 0 radical (unpaired) electrons. The number of carboxylic acids is 1. The molecular weight excluding hydrogens is 208 g/mol. The molecular formula is C11H20N2O3. The van der Waals surface area contributed by atoms with Crippen molar-refractivity contribution in [2.24, 2.45) is 5.92 Å². The van der Waals surface area contributed by atoms with Gasteiger partial charge in [0.2, 0.25) is 0 Å². The minimum Gasteiger partial charge on any atom is -0.481 e. The lowest BCUT2D eigenvalue weighted by Gasteiger charge is -2.18. The number of hydrogen-bond acceptors (Lipinski definition) is 2. The molecule has 0 spiro atoms. The highest BCUT2D eigenvalue weighted by atomic mass is 16.4. The summed E-state index contributed by atoms with van der Waals surface area (Å²) in [7, 11) is 1.68. The third-order valence-electron chi connectivity index (χ3n) is 2.23. The summed E-state index contributed by atoms with van der Waals surface area (Å²) in [6, 6.07) is -0.239. The molecule has 2 N–H and O–H groups in total. The Kier molecular flexibility index (Phi) is 7.00. The van der Waals surface area contributed by atoms with E-state index in [1.54, 1.807) is 20.0 Å². The molecule has 0 fully saturated rings. The van der Waals surface area contributed by atoms with Crippen LogP contribution >= 0.6 is 0 Å². The van der Waals surface area contributed by atoms with Crippen LogP contribution in [0.1, 0.15) is 19.8 Å². The maximum atomic E-state index is 11.5. The van der Waals surface area contributed by atoms with Crippen molar-refractivity contribution in [3.8, 4) is 0 Å². The number of unbranched alkanes of at least 4 members (excludes halogenated alkanes) is 1. The third-order valence-corrected chi connectivity index (χ3v) is 2.23. The molecule has 0 aromatic carbocycles. The second-order valence-corrected chi connectivity index (χ2v) is 3.78. The van der Waals surface area contributed by atoms with Gasteiger partial charge in [0.15, 0.2) is 0 Å². The molecule has 0 bridgehead atoms. The molecule has 0 aliphatic carbocycles. The van der Waals surface area contributed by atoms with Gasteiger partial charge in [0.05, 0.1) is 5.92 Å². The second kappa shape index (κ2) is 7.73. The van der Waals surface area contributed by atoms with Crippen LogP contribution in [0, 0.1) is 5.92 Å².